The Morgan fingerprint density at radius 3 is 2.57 bits per heavy atom. The van der Waals surface area contributed by atoms with Crippen molar-refractivity contribution in [3.63, 3.8) is 0 Å². The first-order chi connectivity index (χ1) is 14.6. The summed E-state index contributed by atoms with van der Waals surface area (Å²) >= 11 is 0. The zero-order valence-electron chi connectivity index (χ0n) is 16.6. The summed E-state index contributed by atoms with van der Waals surface area (Å²) in [5.74, 6) is 0.452. The SMILES string of the molecule is O=C(CO)NC1CCN(CCOc2ccc(OC(=O)Nc3ccccc3)nc2)CC1. The minimum Gasteiger partial charge on any atom is -0.491 e. The van der Waals surface area contributed by atoms with Gasteiger partial charge in [0, 0.05) is 37.4 Å². The van der Waals surface area contributed by atoms with Crippen LogP contribution in [0.5, 0.6) is 11.6 Å². The molecule has 1 aromatic heterocycles. The van der Waals surface area contributed by atoms with Gasteiger partial charge < -0.3 is 19.9 Å². The second-order valence-corrected chi connectivity index (χ2v) is 6.90. The van der Waals surface area contributed by atoms with Crippen molar-refractivity contribution in [2.24, 2.45) is 0 Å². The number of amides is 2. The van der Waals surface area contributed by atoms with Gasteiger partial charge in [0.05, 0.1) is 6.20 Å². The van der Waals surface area contributed by atoms with E-state index >= 15 is 0 Å². The highest BCUT2D eigenvalue weighted by Gasteiger charge is 2.20. The summed E-state index contributed by atoms with van der Waals surface area (Å²) in [4.78, 5) is 29.4. The number of nitrogens with zero attached hydrogens (tertiary/aromatic N) is 2. The van der Waals surface area contributed by atoms with Gasteiger partial charge in [-0.25, -0.2) is 9.78 Å². The Balaban J connectivity index is 1.34. The molecule has 0 saturated carbocycles. The van der Waals surface area contributed by atoms with E-state index in [1.165, 1.54) is 6.20 Å². The van der Waals surface area contributed by atoms with Gasteiger partial charge in [-0.3, -0.25) is 15.0 Å². The van der Waals surface area contributed by atoms with Crippen molar-refractivity contribution in [3.8, 4) is 11.6 Å². The molecule has 160 valence electrons. The van der Waals surface area contributed by atoms with Gasteiger partial charge in [0.25, 0.3) is 0 Å². The fourth-order valence-electron chi connectivity index (χ4n) is 3.14. The van der Waals surface area contributed by atoms with Gasteiger partial charge in [0.15, 0.2) is 0 Å². The van der Waals surface area contributed by atoms with Crippen LogP contribution in [0.1, 0.15) is 12.8 Å². The maximum absolute atomic E-state index is 11.9. The van der Waals surface area contributed by atoms with Crippen LogP contribution in [-0.2, 0) is 4.79 Å². The number of rotatable bonds is 8. The third kappa shape index (κ3) is 7.02. The van der Waals surface area contributed by atoms with Gasteiger partial charge in [-0.1, -0.05) is 18.2 Å². The summed E-state index contributed by atoms with van der Waals surface area (Å²) in [6, 6.07) is 12.4. The Bertz CT molecular complexity index is 808. The van der Waals surface area contributed by atoms with Crippen LogP contribution in [-0.4, -0.2) is 65.9 Å². The number of aromatic nitrogens is 1. The smallest absolute Gasteiger partial charge is 0.418 e. The fourth-order valence-corrected chi connectivity index (χ4v) is 3.14. The maximum atomic E-state index is 11.9. The number of para-hydroxylation sites is 1. The van der Waals surface area contributed by atoms with Gasteiger partial charge in [-0.05, 0) is 31.0 Å². The van der Waals surface area contributed by atoms with E-state index in [2.05, 4.69) is 20.5 Å². The zero-order chi connectivity index (χ0) is 21.2. The van der Waals surface area contributed by atoms with Crippen molar-refractivity contribution in [3.05, 3.63) is 48.7 Å². The topological polar surface area (TPSA) is 113 Å². The molecule has 0 radical (unpaired) electrons. The van der Waals surface area contributed by atoms with Crippen LogP contribution in [0, 0.1) is 0 Å². The third-order valence-corrected chi connectivity index (χ3v) is 4.70. The van der Waals surface area contributed by atoms with Crippen molar-refractivity contribution >= 4 is 17.7 Å². The lowest BCUT2D eigenvalue weighted by Gasteiger charge is -2.32. The Morgan fingerprint density at radius 2 is 1.90 bits per heavy atom. The number of nitrogens with one attached hydrogen (secondary N) is 2. The highest BCUT2D eigenvalue weighted by molar-refractivity contribution is 5.85. The van der Waals surface area contributed by atoms with E-state index in [4.69, 9.17) is 14.6 Å². The van der Waals surface area contributed by atoms with Crippen LogP contribution in [0.2, 0.25) is 0 Å². The van der Waals surface area contributed by atoms with Gasteiger partial charge in [-0.15, -0.1) is 0 Å². The molecule has 0 unspecified atom stereocenters. The number of anilines is 1. The number of carbonyl (C=O) groups is 2. The van der Waals surface area contributed by atoms with E-state index in [1.54, 1.807) is 24.3 Å². The fraction of sp³-hybridized carbons (Fsp3) is 0.381. The van der Waals surface area contributed by atoms with E-state index in [0.29, 0.717) is 18.0 Å². The van der Waals surface area contributed by atoms with Gasteiger partial charge in [0.1, 0.15) is 19.0 Å². The van der Waals surface area contributed by atoms with Gasteiger partial charge in [-0.2, -0.15) is 0 Å². The molecule has 9 heteroatoms. The number of likely N-dealkylation sites (tertiary alicyclic amines) is 1. The molecular weight excluding hydrogens is 388 g/mol. The van der Waals surface area contributed by atoms with Crippen LogP contribution in [0.15, 0.2) is 48.7 Å². The molecule has 0 spiro atoms. The molecule has 1 aliphatic rings. The van der Waals surface area contributed by atoms with Crippen molar-refractivity contribution in [2.45, 2.75) is 18.9 Å². The molecular formula is C21H26N4O5. The highest BCUT2D eigenvalue weighted by atomic mass is 16.6. The Hall–Kier alpha value is -3.17. The average molecular weight is 414 g/mol. The molecule has 1 fully saturated rings. The average Bonchev–Trinajstić information content (AvgIpc) is 2.77. The molecule has 3 N–H and O–H groups in total. The van der Waals surface area contributed by atoms with Crippen molar-refractivity contribution in [1.29, 1.82) is 0 Å². The normalized spacial score (nSPS) is 14.7. The van der Waals surface area contributed by atoms with E-state index in [9.17, 15) is 9.59 Å². The lowest BCUT2D eigenvalue weighted by molar-refractivity contribution is -0.124. The van der Waals surface area contributed by atoms with Crippen LogP contribution >= 0.6 is 0 Å². The minimum atomic E-state index is -0.610. The van der Waals surface area contributed by atoms with Crippen molar-refractivity contribution < 1.29 is 24.2 Å². The van der Waals surface area contributed by atoms with Crippen molar-refractivity contribution in [2.75, 3.05) is 38.2 Å². The Labute approximate surface area is 175 Å². The molecule has 0 atom stereocenters. The molecule has 3 rings (SSSR count). The molecule has 30 heavy (non-hydrogen) atoms. The first kappa shape index (κ1) is 21.5. The summed E-state index contributed by atoms with van der Waals surface area (Å²) in [6.07, 6.45) is 2.61. The first-order valence-electron chi connectivity index (χ1n) is 9.87. The number of aliphatic hydroxyl groups excluding tert-OH is 1. The van der Waals surface area contributed by atoms with Crippen LogP contribution in [0.3, 0.4) is 0 Å². The monoisotopic (exact) mass is 414 g/mol. The molecule has 2 aromatic rings. The summed E-state index contributed by atoms with van der Waals surface area (Å²) in [5.41, 5.74) is 0.641. The van der Waals surface area contributed by atoms with E-state index < -0.39 is 12.7 Å². The predicted molar refractivity (Wildman–Crippen MR) is 111 cm³/mol. The quantitative estimate of drug-likeness (QED) is 0.602. The van der Waals surface area contributed by atoms with Crippen LogP contribution in [0.25, 0.3) is 0 Å². The predicted octanol–water partition coefficient (Wildman–Crippen LogP) is 1.64. The molecule has 2 amide bonds. The largest absolute Gasteiger partial charge is 0.491 e. The number of ether oxygens (including phenoxy) is 2. The summed E-state index contributed by atoms with van der Waals surface area (Å²) in [6.45, 7) is 2.52. The molecule has 1 aromatic carbocycles. The number of hydrogen-bond donors (Lipinski definition) is 3. The standard InChI is InChI=1S/C21H26N4O5/c26-15-19(27)23-17-8-10-25(11-9-17)12-13-29-18-6-7-20(22-14-18)30-21(28)24-16-4-2-1-3-5-16/h1-7,14,17,26H,8-13,15H2,(H,23,27)(H,24,28). The molecule has 0 bridgehead atoms. The number of aliphatic hydroxyl groups is 1. The number of benzene rings is 1. The van der Waals surface area contributed by atoms with E-state index in [-0.39, 0.29) is 17.8 Å². The van der Waals surface area contributed by atoms with E-state index in [0.717, 1.165) is 32.5 Å². The van der Waals surface area contributed by atoms with Crippen molar-refractivity contribution in [1.82, 2.24) is 15.2 Å². The zero-order valence-corrected chi connectivity index (χ0v) is 16.6. The Morgan fingerprint density at radius 1 is 1.13 bits per heavy atom. The molecule has 0 aliphatic carbocycles. The maximum Gasteiger partial charge on any atom is 0.418 e. The first-order valence-corrected chi connectivity index (χ1v) is 9.87. The summed E-state index contributed by atoms with van der Waals surface area (Å²) < 4.78 is 10.9. The molecule has 1 aliphatic heterocycles. The second-order valence-electron chi connectivity index (χ2n) is 6.90. The highest BCUT2D eigenvalue weighted by Crippen LogP contribution is 2.15. The summed E-state index contributed by atoms with van der Waals surface area (Å²) in [5, 5.41) is 14.2. The van der Waals surface area contributed by atoms with E-state index in [1.807, 2.05) is 18.2 Å². The molecule has 9 nitrogen and oxygen atoms in total. The summed E-state index contributed by atoms with van der Waals surface area (Å²) in [7, 11) is 0. The molecule has 2 heterocycles. The Kier molecular flexibility index (Phi) is 7.99. The second kappa shape index (κ2) is 11.1. The lowest BCUT2D eigenvalue weighted by Crippen LogP contribution is -2.46. The number of carbonyl (C=O) groups excluding carboxylic acids is 2. The molecule has 1 saturated heterocycles. The third-order valence-electron chi connectivity index (χ3n) is 4.70. The number of piperidine rings is 1. The minimum absolute atomic E-state index is 0.123. The van der Waals surface area contributed by atoms with Gasteiger partial charge >= 0.3 is 6.09 Å². The van der Waals surface area contributed by atoms with Crippen LogP contribution in [0.4, 0.5) is 10.5 Å². The van der Waals surface area contributed by atoms with Crippen LogP contribution < -0.4 is 20.1 Å². The van der Waals surface area contributed by atoms with Gasteiger partial charge in [0.2, 0.25) is 11.8 Å². The number of hydrogen-bond acceptors (Lipinski definition) is 7. The lowest BCUT2D eigenvalue weighted by atomic mass is 10.1. The number of pyridine rings is 1.